The Bertz CT molecular complexity index is 484. The van der Waals surface area contributed by atoms with Crippen LogP contribution in [0.4, 0.5) is 5.13 Å². The van der Waals surface area contributed by atoms with E-state index in [1.165, 1.54) is 11.5 Å². The van der Waals surface area contributed by atoms with Gasteiger partial charge in [-0.1, -0.05) is 20.8 Å². The van der Waals surface area contributed by atoms with Crippen LogP contribution in [0.15, 0.2) is 0 Å². The highest BCUT2D eigenvalue weighted by Gasteiger charge is 2.29. The minimum atomic E-state index is -0.316. The Labute approximate surface area is 130 Å². The first-order valence-electron chi connectivity index (χ1n) is 7.27. The molecule has 1 aromatic heterocycles. The van der Waals surface area contributed by atoms with Crippen molar-refractivity contribution in [1.29, 1.82) is 0 Å². The number of methoxy groups -OCH3 is 1. The van der Waals surface area contributed by atoms with Crippen LogP contribution in [0.5, 0.6) is 0 Å². The standard InChI is InChI=1S/C14H24N4O2S/c1-14(2,3)12(19)17-6-5-7-18(9-8-17)13-15-11(10-20-4)16-21-13/h5-10H2,1-4H3. The van der Waals surface area contributed by atoms with Crippen LogP contribution in [0.2, 0.25) is 0 Å². The molecule has 0 saturated carbocycles. The molecular weight excluding hydrogens is 288 g/mol. The van der Waals surface area contributed by atoms with Crippen molar-refractivity contribution in [2.45, 2.75) is 33.8 Å². The van der Waals surface area contributed by atoms with Crippen molar-refractivity contribution in [3.8, 4) is 0 Å². The van der Waals surface area contributed by atoms with Crippen molar-refractivity contribution in [1.82, 2.24) is 14.3 Å². The van der Waals surface area contributed by atoms with Gasteiger partial charge in [-0.15, -0.1) is 0 Å². The number of hydrogen-bond acceptors (Lipinski definition) is 6. The monoisotopic (exact) mass is 312 g/mol. The fraction of sp³-hybridized carbons (Fsp3) is 0.786. The minimum Gasteiger partial charge on any atom is -0.377 e. The lowest BCUT2D eigenvalue weighted by Gasteiger charge is -2.28. The van der Waals surface area contributed by atoms with Gasteiger partial charge in [0.15, 0.2) is 5.82 Å². The van der Waals surface area contributed by atoms with E-state index in [2.05, 4.69) is 14.3 Å². The zero-order chi connectivity index (χ0) is 15.5. The predicted octanol–water partition coefficient (Wildman–Crippen LogP) is 1.77. The van der Waals surface area contributed by atoms with E-state index >= 15 is 0 Å². The van der Waals surface area contributed by atoms with E-state index in [0.29, 0.717) is 6.61 Å². The highest BCUT2D eigenvalue weighted by Crippen LogP contribution is 2.22. The summed E-state index contributed by atoms with van der Waals surface area (Å²) in [4.78, 5) is 21.0. The molecule has 1 aliphatic heterocycles. The molecule has 2 heterocycles. The van der Waals surface area contributed by atoms with Gasteiger partial charge >= 0.3 is 0 Å². The maximum absolute atomic E-state index is 12.4. The van der Waals surface area contributed by atoms with Gasteiger partial charge in [-0.25, -0.2) is 4.98 Å². The van der Waals surface area contributed by atoms with Gasteiger partial charge in [-0.2, -0.15) is 4.37 Å². The molecule has 0 radical (unpaired) electrons. The molecule has 7 heteroatoms. The van der Waals surface area contributed by atoms with Crippen molar-refractivity contribution in [3.63, 3.8) is 0 Å². The van der Waals surface area contributed by atoms with E-state index in [9.17, 15) is 4.79 Å². The van der Waals surface area contributed by atoms with Crippen LogP contribution in [0.3, 0.4) is 0 Å². The van der Waals surface area contributed by atoms with Crippen molar-refractivity contribution in [3.05, 3.63) is 5.82 Å². The number of hydrogen-bond donors (Lipinski definition) is 0. The molecule has 1 fully saturated rings. The smallest absolute Gasteiger partial charge is 0.228 e. The van der Waals surface area contributed by atoms with E-state index in [0.717, 1.165) is 43.6 Å². The van der Waals surface area contributed by atoms with Gasteiger partial charge in [0.05, 0.1) is 0 Å². The highest BCUT2D eigenvalue weighted by atomic mass is 32.1. The van der Waals surface area contributed by atoms with Crippen molar-refractivity contribution in [2.75, 3.05) is 38.2 Å². The second-order valence-corrected chi connectivity index (χ2v) is 7.04. The topological polar surface area (TPSA) is 58.6 Å². The third-order valence-electron chi connectivity index (χ3n) is 3.43. The van der Waals surface area contributed by atoms with Crippen LogP contribution in [0.1, 0.15) is 33.0 Å². The molecule has 2 rings (SSSR count). The number of carbonyl (C=O) groups excluding carboxylic acids is 1. The number of rotatable bonds is 3. The summed E-state index contributed by atoms with van der Waals surface area (Å²) in [6.45, 7) is 9.64. The number of aromatic nitrogens is 2. The van der Waals surface area contributed by atoms with E-state index in [1.807, 2.05) is 25.7 Å². The summed E-state index contributed by atoms with van der Waals surface area (Å²) in [7, 11) is 1.64. The molecular formula is C14H24N4O2S. The first-order chi connectivity index (χ1) is 9.91. The first-order valence-corrected chi connectivity index (χ1v) is 8.05. The minimum absolute atomic E-state index is 0.224. The zero-order valence-electron chi connectivity index (χ0n) is 13.3. The zero-order valence-corrected chi connectivity index (χ0v) is 14.1. The Balaban J connectivity index is 1.98. The number of ether oxygens (including phenoxy) is 1. The van der Waals surface area contributed by atoms with E-state index in [-0.39, 0.29) is 11.3 Å². The van der Waals surface area contributed by atoms with Gasteiger partial charge in [-0.05, 0) is 6.42 Å². The summed E-state index contributed by atoms with van der Waals surface area (Å²) in [6.07, 6.45) is 0.959. The van der Waals surface area contributed by atoms with Gasteiger partial charge in [0.2, 0.25) is 11.0 Å². The van der Waals surface area contributed by atoms with Crippen LogP contribution in [0, 0.1) is 5.41 Å². The number of amides is 1. The van der Waals surface area contributed by atoms with Crippen LogP contribution in [-0.4, -0.2) is 53.5 Å². The third kappa shape index (κ3) is 4.14. The summed E-state index contributed by atoms with van der Waals surface area (Å²) >= 11 is 1.40. The molecule has 21 heavy (non-hydrogen) atoms. The lowest BCUT2D eigenvalue weighted by molar-refractivity contribution is -0.139. The van der Waals surface area contributed by atoms with Crippen molar-refractivity contribution >= 4 is 22.6 Å². The molecule has 0 bridgehead atoms. The summed E-state index contributed by atoms with van der Waals surface area (Å²) in [5.41, 5.74) is -0.316. The summed E-state index contributed by atoms with van der Waals surface area (Å²) in [5.74, 6) is 0.950. The van der Waals surface area contributed by atoms with E-state index < -0.39 is 0 Å². The fourth-order valence-corrected chi connectivity index (χ4v) is 3.07. The molecule has 1 aliphatic rings. The molecule has 1 saturated heterocycles. The van der Waals surface area contributed by atoms with Crippen molar-refractivity contribution < 1.29 is 9.53 Å². The molecule has 0 aromatic carbocycles. The molecule has 0 aliphatic carbocycles. The molecule has 0 atom stereocenters. The van der Waals surface area contributed by atoms with Gasteiger partial charge in [0.1, 0.15) is 6.61 Å². The quantitative estimate of drug-likeness (QED) is 0.851. The SMILES string of the molecule is COCc1nsc(N2CCCN(C(=O)C(C)(C)C)CC2)n1. The maximum Gasteiger partial charge on any atom is 0.228 e. The Morgan fingerprint density at radius 2 is 2.05 bits per heavy atom. The second kappa shape index (κ2) is 6.70. The third-order valence-corrected chi connectivity index (χ3v) is 4.24. The molecule has 0 N–H and O–H groups in total. The number of carbonyl (C=O) groups is 1. The average Bonchev–Trinajstić information content (AvgIpc) is 2.74. The summed E-state index contributed by atoms with van der Waals surface area (Å²) in [6, 6.07) is 0. The van der Waals surface area contributed by atoms with Crippen LogP contribution >= 0.6 is 11.5 Å². The number of nitrogens with zero attached hydrogens (tertiary/aromatic N) is 4. The largest absolute Gasteiger partial charge is 0.377 e. The van der Waals surface area contributed by atoms with Crippen molar-refractivity contribution in [2.24, 2.45) is 5.41 Å². The Morgan fingerprint density at radius 3 is 2.71 bits per heavy atom. The van der Waals surface area contributed by atoms with Gasteiger partial charge in [-0.3, -0.25) is 4.79 Å². The normalized spacial score (nSPS) is 17.0. The lowest BCUT2D eigenvalue weighted by Crippen LogP contribution is -2.41. The van der Waals surface area contributed by atoms with Crippen LogP contribution < -0.4 is 4.90 Å². The van der Waals surface area contributed by atoms with Crippen LogP contribution in [0.25, 0.3) is 0 Å². The molecule has 1 aromatic rings. The lowest BCUT2D eigenvalue weighted by atomic mass is 9.94. The molecule has 1 amide bonds. The Hall–Kier alpha value is -1.21. The van der Waals surface area contributed by atoms with Gasteiger partial charge < -0.3 is 14.5 Å². The highest BCUT2D eigenvalue weighted by molar-refractivity contribution is 7.09. The molecule has 0 spiro atoms. The Kier molecular flexibility index (Phi) is 5.16. The summed E-state index contributed by atoms with van der Waals surface area (Å²) in [5, 5.41) is 0.923. The predicted molar refractivity (Wildman–Crippen MR) is 83.5 cm³/mol. The van der Waals surface area contributed by atoms with Gasteiger partial charge in [0, 0.05) is 50.2 Å². The molecule has 0 unspecified atom stereocenters. The average molecular weight is 312 g/mol. The van der Waals surface area contributed by atoms with E-state index in [1.54, 1.807) is 7.11 Å². The Morgan fingerprint density at radius 1 is 1.29 bits per heavy atom. The first kappa shape index (κ1) is 16.2. The number of anilines is 1. The second-order valence-electron chi connectivity index (χ2n) is 6.31. The maximum atomic E-state index is 12.4. The van der Waals surface area contributed by atoms with E-state index in [4.69, 9.17) is 4.74 Å². The molecule has 118 valence electrons. The fourth-order valence-electron chi connectivity index (χ4n) is 2.35. The molecule has 6 nitrogen and oxygen atoms in total. The van der Waals surface area contributed by atoms with Gasteiger partial charge in [0.25, 0.3) is 0 Å². The van der Waals surface area contributed by atoms with Crippen LogP contribution in [-0.2, 0) is 16.1 Å². The summed E-state index contributed by atoms with van der Waals surface area (Å²) < 4.78 is 9.34.